The molecule has 0 fully saturated rings. The molecular weight excluding hydrogens is 1260 g/mol. The third-order valence-corrected chi connectivity index (χ3v) is 26.4. The van der Waals surface area contributed by atoms with Crippen LogP contribution < -0.4 is 9.80 Å². The van der Waals surface area contributed by atoms with E-state index in [1.54, 1.807) is 0 Å². The molecule has 462 valence electrons. The van der Waals surface area contributed by atoms with Crippen molar-refractivity contribution in [3.05, 3.63) is 313 Å². The first kappa shape index (κ1) is 56.5. The summed E-state index contributed by atoms with van der Waals surface area (Å²) in [5, 5.41) is 15.2. The fourth-order valence-corrected chi connectivity index (χ4v) is 21.4. The van der Waals surface area contributed by atoms with Gasteiger partial charge < -0.3 is 9.80 Å². The lowest BCUT2D eigenvalue weighted by Gasteiger charge is -2.42. The predicted octanol–water partition coefficient (Wildman–Crippen LogP) is 28.4. The van der Waals surface area contributed by atoms with E-state index < -0.39 is 0 Å². The van der Waals surface area contributed by atoms with Gasteiger partial charge in [-0.25, -0.2) is 0 Å². The fraction of sp³-hybridized carbons (Fsp3) is 0.0652. The first-order chi connectivity index (χ1) is 48.1. The smallest absolute Gasteiger partial charge is 0.0517 e. The fourth-order valence-electron chi connectivity index (χ4n) is 17.0. The maximum Gasteiger partial charge on any atom is 0.0517 e. The second-order valence-electron chi connectivity index (χ2n) is 27.9. The van der Waals surface area contributed by atoms with E-state index in [1.807, 2.05) is 45.3 Å². The molecule has 2 aliphatic heterocycles. The standard InChI is InChI=1S/C92H60N2S4/c1-91(2)73-25-13-15-27-77(73)93(79-51-87-69(49-75(79)91)61-23-11-17-29-81(61)97-87)59-35-37-63-71(47-59)89(57-33-41-85-67(45-57)65-43-55(31-39-83(65)95-85)53-19-7-5-8-20-53)64-38-36-60(48-72(64)90(63)58-34-42-86-68(46-58)66-44-56(32-40-84(66)96-86)54-21-9-6-10-22-54)94-78-28-16-14-26-74(78)92(3,4)76-50-70-62-24-12-18-30-82(62)98-88(70)52-80(76)94/h5-52H,1-4H3. The zero-order valence-electron chi connectivity index (χ0n) is 54.2. The molecule has 0 N–H and O–H groups in total. The van der Waals surface area contributed by atoms with Gasteiger partial charge in [0.2, 0.25) is 0 Å². The molecule has 15 aromatic carbocycles. The number of anilines is 6. The highest BCUT2D eigenvalue weighted by atomic mass is 32.1. The Bertz CT molecular complexity index is 6230. The quantitative estimate of drug-likeness (QED) is 0.153. The lowest BCUT2D eigenvalue weighted by Crippen LogP contribution is -2.30. The largest absolute Gasteiger partial charge is 0.310 e. The van der Waals surface area contributed by atoms with Crippen molar-refractivity contribution in [1.82, 2.24) is 0 Å². The molecule has 0 amide bonds. The molecule has 0 saturated carbocycles. The van der Waals surface area contributed by atoms with Crippen molar-refractivity contribution in [2.75, 3.05) is 9.80 Å². The summed E-state index contributed by atoms with van der Waals surface area (Å²) in [6, 6.07) is 112. The van der Waals surface area contributed by atoms with Crippen LogP contribution in [0.15, 0.2) is 291 Å². The Morgan fingerprint density at radius 3 is 0.969 bits per heavy atom. The van der Waals surface area contributed by atoms with Gasteiger partial charge in [0.25, 0.3) is 0 Å². The van der Waals surface area contributed by atoms with Gasteiger partial charge in [0, 0.05) is 103 Å². The summed E-state index contributed by atoms with van der Waals surface area (Å²) in [6.07, 6.45) is 0. The van der Waals surface area contributed by atoms with Crippen LogP contribution in [0, 0.1) is 0 Å². The van der Waals surface area contributed by atoms with Gasteiger partial charge in [-0.15, -0.1) is 45.3 Å². The van der Waals surface area contributed by atoms with Gasteiger partial charge in [-0.1, -0.05) is 198 Å². The second-order valence-corrected chi connectivity index (χ2v) is 32.2. The maximum absolute atomic E-state index is 2.59. The van der Waals surface area contributed by atoms with Crippen LogP contribution in [0.3, 0.4) is 0 Å². The highest BCUT2D eigenvalue weighted by Gasteiger charge is 2.40. The van der Waals surface area contributed by atoms with Gasteiger partial charge in [-0.3, -0.25) is 0 Å². The Kier molecular flexibility index (Phi) is 12.0. The van der Waals surface area contributed by atoms with E-state index in [2.05, 4.69) is 329 Å². The molecule has 0 atom stereocenters. The number of nitrogens with zero attached hydrogens (tertiary/aromatic N) is 2. The van der Waals surface area contributed by atoms with Crippen molar-refractivity contribution >= 4 is 182 Å². The Hall–Kier alpha value is -10.7. The number of thiophene rings is 4. The first-order valence-electron chi connectivity index (χ1n) is 33.8. The van der Waals surface area contributed by atoms with Crippen LogP contribution in [-0.2, 0) is 10.8 Å². The van der Waals surface area contributed by atoms with Crippen LogP contribution in [-0.4, -0.2) is 0 Å². The van der Waals surface area contributed by atoms with E-state index in [-0.39, 0.29) is 10.8 Å². The molecule has 6 heterocycles. The van der Waals surface area contributed by atoms with Crippen LogP contribution in [0.1, 0.15) is 49.9 Å². The molecule has 6 heteroatoms. The van der Waals surface area contributed by atoms with Gasteiger partial charge in [0.05, 0.1) is 22.7 Å². The van der Waals surface area contributed by atoms with Crippen molar-refractivity contribution in [2.24, 2.45) is 0 Å². The summed E-state index contributed by atoms with van der Waals surface area (Å²) in [5.41, 5.74) is 21.6. The Morgan fingerprint density at radius 1 is 0.204 bits per heavy atom. The predicted molar refractivity (Wildman–Crippen MR) is 428 cm³/mol. The van der Waals surface area contributed by atoms with Crippen LogP contribution in [0.2, 0.25) is 0 Å². The van der Waals surface area contributed by atoms with Crippen molar-refractivity contribution < 1.29 is 0 Å². The van der Waals surface area contributed by atoms with Crippen molar-refractivity contribution in [3.63, 3.8) is 0 Å². The number of fused-ring (bicyclic) bond motifs is 18. The second kappa shape index (κ2) is 20.9. The monoisotopic (exact) mass is 1320 g/mol. The third kappa shape index (κ3) is 8.24. The summed E-state index contributed by atoms with van der Waals surface area (Å²) in [4.78, 5) is 5.18. The van der Waals surface area contributed by atoms with Gasteiger partial charge in [-0.2, -0.15) is 0 Å². The molecule has 0 radical (unpaired) electrons. The van der Waals surface area contributed by atoms with E-state index in [9.17, 15) is 0 Å². The molecule has 98 heavy (non-hydrogen) atoms. The summed E-state index contributed by atoms with van der Waals surface area (Å²) < 4.78 is 10.4. The average Bonchev–Trinajstić information content (AvgIpc) is 1.04. The summed E-state index contributed by atoms with van der Waals surface area (Å²) in [7, 11) is 0. The zero-order chi connectivity index (χ0) is 64.9. The van der Waals surface area contributed by atoms with Gasteiger partial charge in [0.15, 0.2) is 0 Å². The molecule has 2 nitrogen and oxygen atoms in total. The van der Waals surface area contributed by atoms with Crippen molar-refractivity contribution in [2.45, 2.75) is 38.5 Å². The molecule has 2 aliphatic rings. The normalized spacial score (nSPS) is 14.0. The topological polar surface area (TPSA) is 6.48 Å². The van der Waals surface area contributed by atoms with E-state index in [0.717, 1.165) is 11.4 Å². The molecular formula is C92H60N2S4. The van der Waals surface area contributed by atoms with E-state index in [4.69, 9.17) is 0 Å². The Balaban J connectivity index is 0.879. The van der Waals surface area contributed by atoms with E-state index >= 15 is 0 Å². The maximum atomic E-state index is 2.59. The Labute approximate surface area is 583 Å². The molecule has 0 spiro atoms. The van der Waals surface area contributed by atoms with Gasteiger partial charge in [0.1, 0.15) is 0 Å². The number of hydrogen-bond acceptors (Lipinski definition) is 6. The van der Waals surface area contributed by atoms with Crippen molar-refractivity contribution in [1.29, 1.82) is 0 Å². The minimum absolute atomic E-state index is 0.275. The summed E-state index contributed by atoms with van der Waals surface area (Å²) in [5.74, 6) is 0. The van der Waals surface area contributed by atoms with E-state index in [0.29, 0.717) is 0 Å². The average molecular weight is 1320 g/mol. The highest BCUT2D eigenvalue weighted by Crippen LogP contribution is 2.59. The molecule has 4 aromatic heterocycles. The zero-order valence-corrected chi connectivity index (χ0v) is 57.5. The third-order valence-electron chi connectivity index (χ3n) is 21.8. The van der Waals surface area contributed by atoms with Crippen LogP contribution in [0.4, 0.5) is 34.1 Å². The number of para-hydroxylation sites is 2. The number of benzene rings is 15. The molecule has 0 aliphatic carbocycles. The van der Waals surface area contributed by atoms with Crippen molar-refractivity contribution in [3.8, 4) is 44.5 Å². The summed E-state index contributed by atoms with van der Waals surface area (Å²) >= 11 is 7.57. The molecule has 19 aromatic rings. The van der Waals surface area contributed by atoms with Gasteiger partial charge in [-0.05, 0) is 210 Å². The number of rotatable bonds is 6. The lowest BCUT2D eigenvalue weighted by atomic mass is 9.73. The molecule has 0 bridgehead atoms. The molecule has 0 saturated heterocycles. The molecule has 0 unspecified atom stereocenters. The number of hydrogen-bond donors (Lipinski definition) is 0. The van der Waals surface area contributed by atoms with E-state index in [1.165, 1.54) is 192 Å². The summed E-state index contributed by atoms with van der Waals surface area (Å²) in [6.45, 7) is 9.68. The van der Waals surface area contributed by atoms with Crippen LogP contribution in [0.5, 0.6) is 0 Å². The molecule has 21 rings (SSSR count). The Morgan fingerprint density at radius 2 is 0.541 bits per heavy atom. The first-order valence-corrected chi connectivity index (χ1v) is 37.1. The van der Waals surface area contributed by atoms with Crippen LogP contribution in [0.25, 0.3) is 147 Å². The minimum atomic E-state index is -0.275. The lowest BCUT2D eigenvalue weighted by molar-refractivity contribution is 0.633. The SMILES string of the molecule is CC1(C)c2ccccc2N(c2ccc3c(-c4ccc5sc6ccc(-c7ccccc7)cc6c5c4)c4cc(N5c6ccccc6C(C)(C)c6cc7c(cc65)sc5ccccc57)ccc4c(-c4ccc5sc6ccc(-c7ccccc7)cc6c5c4)c3c2)c2cc3sc4ccccc4c3cc21. The van der Waals surface area contributed by atoms with Crippen LogP contribution >= 0.6 is 45.3 Å². The minimum Gasteiger partial charge on any atom is -0.310 e. The highest BCUT2D eigenvalue weighted by molar-refractivity contribution is 7.27. The van der Waals surface area contributed by atoms with Gasteiger partial charge >= 0.3 is 0 Å².